The standard InChI is InChI=1S/C11H17N3O/c1-3-12-7-5-4-6-10-11(15-2)14-9-8-13-10/h4,6,8-9,12H,3,5,7H2,1-2H3/b6-4+. The number of nitrogens with one attached hydrogen (secondary N) is 1. The third kappa shape index (κ3) is 4.08. The number of rotatable bonds is 6. The van der Waals surface area contributed by atoms with E-state index >= 15 is 0 Å². The second-order valence-electron chi connectivity index (χ2n) is 3.00. The van der Waals surface area contributed by atoms with Gasteiger partial charge in [0.25, 0.3) is 0 Å². The molecule has 0 saturated heterocycles. The first-order valence-electron chi connectivity index (χ1n) is 5.10. The lowest BCUT2D eigenvalue weighted by molar-refractivity contribution is 0.394. The Morgan fingerprint density at radius 1 is 1.40 bits per heavy atom. The van der Waals surface area contributed by atoms with Gasteiger partial charge >= 0.3 is 0 Å². The Hall–Kier alpha value is -1.42. The highest BCUT2D eigenvalue weighted by molar-refractivity contribution is 5.49. The van der Waals surface area contributed by atoms with E-state index in [1.54, 1.807) is 19.5 Å². The summed E-state index contributed by atoms with van der Waals surface area (Å²) in [6, 6.07) is 0. The molecule has 0 atom stereocenters. The van der Waals surface area contributed by atoms with Gasteiger partial charge in [0.1, 0.15) is 5.69 Å². The van der Waals surface area contributed by atoms with Crippen LogP contribution in [0, 0.1) is 0 Å². The fourth-order valence-corrected chi connectivity index (χ4v) is 1.16. The SMILES string of the molecule is CCNCC/C=C/c1nccnc1OC. The molecule has 0 aromatic carbocycles. The van der Waals surface area contributed by atoms with Crippen molar-refractivity contribution in [2.24, 2.45) is 0 Å². The Balaban J connectivity index is 2.48. The van der Waals surface area contributed by atoms with E-state index in [1.165, 1.54) is 0 Å². The molecule has 1 rings (SSSR count). The lowest BCUT2D eigenvalue weighted by Crippen LogP contribution is -2.12. The summed E-state index contributed by atoms with van der Waals surface area (Å²) in [5.41, 5.74) is 0.775. The molecule has 0 unspecified atom stereocenters. The number of hydrogen-bond acceptors (Lipinski definition) is 4. The molecule has 0 amide bonds. The van der Waals surface area contributed by atoms with Crippen molar-refractivity contribution in [1.29, 1.82) is 0 Å². The van der Waals surface area contributed by atoms with Gasteiger partial charge in [-0.1, -0.05) is 13.0 Å². The topological polar surface area (TPSA) is 47.0 Å². The quantitative estimate of drug-likeness (QED) is 0.718. The maximum Gasteiger partial charge on any atom is 0.239 e. The van der Waals surface area contributed by atoms with Crippen LogP contribution in [-0.4, -0.2) is 30.2 Å². The Labute approximate surface area is 90.4 Å². The molecule has 0 aliphatic carbocycles. The van der Waals surface area contributed by atoms with Crippen molar-refractivity contribution in [3.05, 3.63) is 24.2 Å². The Morgan fingerprint density at radius 2 is 2.20 bits per heavy atom. The predicted molar refractivity (Wildman–Crippen MR) is 60.8 cm³/mol. The Bertz CT molecular complexity index is 312. The van der Waals surface area contributed by atoms with E-state index in [9.17, 15) is 0 Å². The van der Waals surface area contributed by atoms with Crippen LogP contribution in [0.2, 0.25) is 0 Å². The highest BCUT2D eigenvalue weighted by Gasteiger charge is 1.99. The summed E-state index contributed by atoms with van der Waals surface area (Å²) in [6.45, 7) is 4.08. The van der Waals surface area contributed by atoms with E-state index in [1.807, 2.05) is 6.08 Å². The van der Waals surface area contributed by atoms with Gasteiger partial charge in [-0.25, -0.2) is 9.97 Å². The minimum Gasteiger partial charge on any atom is -0.479 e. The zero-order chi connectivity index (χ0) is 10.9. The van der Waals surface area contributed by atoms with Gasteiger partial charge in [0.05, 0.1) is 7.11 Å². The first-order chi connectivity index (χ1) is 7.38. The molecule has 82 valence electrons. The maximum atomic E-state index is 5.08. The highest BCUT2D eigenvalue weighted by atomic mass is 16.5. The first kappa shape index (κ1) is 11.7. The molecule has 1 aromatic heterocycles. The number of methoxy groups -OCH3 is 1. The molecule has 1 heterocycles. The monoisotopic (exact) mass is 207 g/mol. The molecule has 0 saturated carbocycles. The van der Waals surface area contributed by atoms with Crippen LogP contribution in [0.5, 0.6) is 5.88 Å². The van der Waals surface area contributed by atoms with Crippen molar-refractivity contribution in [1.82, 2.24) is 15.3 Å². The number of hydrogen-bond donors (Lipinski definition) is 1. The second kappa shape index (κ2) is 6.95. The van der Waals surface area contributed by atoms with Gasteiger partial charge in [0.2, 0.25) is 5.88 Å². The molecule has 4 nitrogen and oxygen atoms in total. The molecule has 0 fully saturated rings. The fraction of sp³-hybridized carbons (Fsp3) is 0.455. The van der Waals surface area contributed by atoms with Crippen LogP contribution in [0.25, 0.3) is 6.08 Å². The van der Waals surface area contributed by atoms with Gasteiger partial charge in [0.15, 0.2) is 0 Å². The van der Waals surface area contributed by atoms with Gasteiger partial charge in [0, 0.05) is 12.4 Å². The third-order valence-electron chi connectivity index (χ3n) is 1.90. The molecule has 1 aromatic rings. The molecule has 0 bridgehead atoms. The summed E-state index contributed by atoms with van der Waals surface area (Å²) in [5.74, 6) is 0.567. The highest BCUT2D eigenvalue weighted by Crippen LogP contribution is 2.11. The zero-order valence-corrected chi connectivity index (χ0v) is 9.23. The lowest BCUT2D eigenvalue weighted by Gasteiger charge is -2.00. The van der Waals surface area contributed by atoms with Crippen LogP contribution in [0.15, 0.2) is 18.5 Å². The zero-order valence-electron chi connectivity index (χ0n) is 9.23. The minimum absolute atomic E-state index is 0.567. The molecule has 4 heteroatoms. The van der Waals surface area contributed by atoms with E-state index in [0.29, 0.717) is 5.88 Å². The van der Waals surface area contributed by atoms with Crippen molar-refractivity contribution >= 4 is 6.08 Å². The largest absolute Gasteiger partial charge is 0.479 e. The van der Waals surface area contributed by atoms with Crippen LogP contribution in [0.4, 0.5) is 0 Å². The summed E-state index contributed by atoms with van der Waals surface area (Å²) in [4.78, 5) is 8.23. The molecule has 1 N–H and O–H groups in total. The number of nitrogens with zero attached hydrogens (tertiary/aromatic N) is 2. The van der Waals surface area contributed by atoms with E-state index in [-0.39, 0.29) is 0 Å². The fourth-order valence-electron chi connectivity index (χ4n) is 1.16. The van der Waals surface area contributed by atoms with Crippen molar-refractivity contribution in [2.45, 2.75) is 13.3 Å². The molecular formula is C11H17N3O. The van der Waals surface area contributed by atoms with Crippen LogP contribution < -0.4 is 10.1 Å². The average molecular weight is 207 g/mol. The molecule has 15 heavy (non-hydrogen) atoms. The second-order valence-corrected chi connectivity index (χ2v) is 3.00. The van der Waals surface area contributed by atoms with Crippen LogP contribution in [0.1, 0.15) is 19.0 Å². The summed E-state index contributed by atoms with van der Waals surface area (Å²) in [6.07, 6.45) is 8.26. The van der Waals surface area contributed by atoms with E-state index in [4.69, 9.17) is 4.74 Å². The normalized spacial score (nSPS) is 10.8. The van der Waals surface area contributed by atoms with Gasteiger partial charge in [-0.2, -0.15) is 0 Å². The predicted octanol–water partition coefficient (Wildman–Crippen LogP) is 1.50. The summed E-state index contributed by atoms with van der Waals surface area (Å²) in [7, 11) is 1.60. The molecule has 0 aliphatic rings. The van der Waals surface area contributed by atoms with E-state index in [2.05, 4.69) is 28.3 Å². The van der Waals surface area contributed by atoms with Crippen molar-refractivity contribution in [2.75, 3.05) is 20.2 Å². The lowest BCUT2D eigenvalue weighted by atomic mass is 10.3. The molecule has 0 radical (unpaired) electrons. The summed E-state index contributed by atoms with van der Waals surface area (Å²) in [5, 5.41) is 3.24. The number of ether oxygens (including phenoxy) is 1. The summed E-state index contributed by atoms with van der Waals surface area (Å²) < 4.78 is 5.08. The maximum absolute atomic E-state index is 5.08. The van der Waals surface area contributed by atoms with Gasteiger partial charge in [-0.15, -0.1) is 0 Å². The average Bonchev–Trinajstić information content (AvgIpc) is 2.29. The molecule has 0 spiro atoms. The first-order valence-corrected chi connectivity index (χ1v) is 5.10. The van der Waals surface area contributed by atoms with Gasteiger partial charge < -0.3 is 10.1 Å². The molecule has 0 aliphatic heterocycles. The smallest absolute Gasteiger partial charge is 0.239 e. The third-order valence-corrected chi connectivity index (χ3v) is 1.90. The number of aromatic nitrogens is 2. The van der Waals surface area contributed by atoms with Gasteiger partial charge in [-0.3, -0.25) is 0 Å². The van der Waals surface area contributed by atoms with Crippen molar-refractivity contribution in [3.8, 4) is 5.88 Å². The Morgan fingerprint density at radius 3 is 2.93 bits per heavy atom. The van der Waals surface area contributed by atoms with Gasteiger partial charge in [-0.05, 0) is 25.6 Å². The van der Waals surface area contributed by atoms with Crippen molar-refractivity contribution < 1.29 is 4.74 Å². The van der Waals surface area contributed by atoms with E-state index in [0.717, 1.165) is 25.2 Å². The van der Waals surface area contributed by atoms with Crippen molar-refractivity contribution in [3.63, 3.8) is 0 Å². The minimum atomic E-state index is 0.567. The van der Waals surface area contributed by atoms with Crippen LogP contribution in [0.3, 0.4) is 0 Å². The van der Waals surface area contributed by atoms with Crippen LogP contribution >= 0.6 is 0 Å². The summed E-state index contributed by atoms with van der Waals surface area (Å²) >= 11 is 0. The van der Waals surface area contributed by atoms with Crippen LogP contribution in [-0.2, 0) is 0 Å². The molecular weight excluding hydrogens is 190 g/mol. The van der Waals surface area contributed by atoms with E-state index < -0.39 is 0 Å². The Kier molecular flexibility index (Phi) is 5.40.